The van der Waals surface area contributed by atoms with E-state index in [2.05, 4.69) is 53.1 Å². The third-order valence-corrected chi connectivity index (χ3v) is 6.57. The number of aryl methyl sites for hydroxylation is 1. The molecule has 4 rings (SSSR count). The van der Waals surface area contributed by atoms with E-state index in [1.807, 2.05) is 50.4 Å². The molecule has 1 fully saturated rings. The van der Waals surface area contributed by atoms with Crippen molar-refractivity contribution in [3.63, 3.8) is 0 Å². The van der Waals surface area contributed by atoms with E-state index < -0.39 is 11.4 Å². The summed E-state index contributed by atoms with van der Waals surface area (Å²) < 4.78 is 0. The van der Waals surface area contributed by atoms with Gasteiger partial charge in [-0.1, -0.05) is 48.0 Å². The molecule has 0 aromatic heterocycles. The number of carbonyl (C=O) groups is 1. The van der Waals surface area contributed by atoms with Crippen LogP contribution in [0.25, 0.3) is 0 Å². The number of rotatable bonds is 6. The molecule has 1 saturated heterocycles. The molecular weight excluding hydrogens is 384 g/mol. The SMILES string of the molecule is Cc1ccc(N(C)c2ccccc2C(C)(C(=O)O)c2ccc(N3CCCC3)cc2)cc1. The fourth-order valence-electron chi connectivity index (χ4n) is 4.47. The van der Waals surface area contributed by atoms with Gasteiger partial charge in [0.2, 0.25) is 0 Å². The second-order valence-electron chi connectivity index (χ2n) is 8.58. The first-order valence-corrected chi connectivity index (χ1v) is 10.9. The van der Waals surface area contributed by atoms with Gasteiger partial charge in [0.05, 0.1) is 0 Å². The van der Waals surface area contributed by atoms with Gasteiger partial charge in [0.15, 0.2) is 0 Å². The Hall–Kier alpha value is -3.27. The summed E-state index contributed by atoms with van der Waals surface area (Å²) >= 11 is 0. The number of aliphatic carboxylic acids is 1. The second-order valence-corrected chi connectivity index (χ2v) is 8.58. The van der Waals surface area contributed by atoms with Gasteiger partial charge in [-0.05, 0) is 68.1 Å². The van der Waals surface area contributed by atoms with Crippen LogP contribution in [-0.4, -0.2) is 31.2 Å². The van der Waals surface area contributed by atoms with Crippen LogP contribution in [0, 0.1) is 6.92 Å². The van der Waals surface area contributed by atoms with E-state index in [4.69, 9.17) is 0 Å². The summed E-state index contributed by atoms with van der Waals surface area (Å²) in [5.41, 5.74) is 4.67. The number of nitrogens with zero attached hydrogens (tertiary/aromatic N) is 2. The van der Waals surface area contributed by atoms with Crippen LogP contribution in [0.1, 0.15) is 36.5 Å². The van der Waals surface area contributed by atoms with Crippen LogP contribution in [0.3, 0.4) is 0 Å². The third kappa shape index (κ3) is 3.90. The number of para-hydroxylation sites is 1. The van der Waals surface area contributed by atoms with E-state index in [1.54, 1.807) is 0 Å². The van der Waals surface area contributed by atoms with Crippen LogP contribution in [0.15, 0.2) is 72.8 Å². The number of carboxylic acid groups (broad SMARTS) is 1. The van der Waals surface area contributed by atoms with Crippen molar-refractivity contribution in [3.8, 4) is 0 Å². The van der Waals surface area contributed by atoms with Crippen molar-refractivity contribution in [2.45, 2.75) is 32.1 Å². The molecule has 0 saturated carbocycles. The lowest BCUT2D eigenvalue weighted by atomic mass is 9.75. The van der Waals surface area contributed by atoms with Crippen LogP contribution in [-0.2, 0) is 10.2 Å². The molecule has 3 aromatic rings. The zero-order chi connectivity index (χ0) is 22.0. The minimum atomic E-state index is -1.17. The summed E-state index contributed by atoms with van der Waals surface area (Å²) in [4.78, 5) is 17.1. The van der Waals surface area contributed by atoms with E-state index in [0.29, 0.717) is 0 Å². The molecule has 0 aliphatic carbocycles. The first-order valence-electron chi connectivity index (χ1n) is 10.9. The van der Waals surface area contributed by atoms with Crippen LogP contribution in [0.2, 0.25) is 0 Å². The Labute approximate surface area is 184 Å². The average Bonchev–Trinajstić information content (AvgIpc) is 3.33. The van der Waals surface area contributed by atoms with Crippen LogP contribution in [0.5, 0.6) is 0 Å². The van der Waals surface area contributed by atoms with Crippen molar-refractivity contribution in [1.29, 1.82) is 0 Å². The molecule has 0 amide bonds. The molecular formula is C27H30N2O2. The first kappa shape index (κ1) is 21.0. The summed E-state index contributed by atoms with van der Waals surface area (Å²) in [7, 11) is 1.99. The molecule has 0 radical (unpaired) electrons. The van der Waals surface area contributed by atoms with Gasteiger partial charge in [0, 0.05) is 37.2 Å². The third-order valence-electron chi connectivity index (χ3n) is 6.57. The van der Waals surface area contributed by atoms with Gasteiger partial charge in [0.25, 0.3) is 0 Å². The minimum Gasteiger partial charge on any atom is -0.480 e. The fraction of sp³-hybridized carbons (Fsp3) is 0.296. The fourth-order valence-corrected chi connectivity index (χ4v) is 4.47. The van der Waals surface area contributed by atoms with Gasteiger partial charge in [-0.15, -0.1) is 0 Å². The number of hydrogen-bond acceptors (Lipinski definition) is 3. The van der Waals surface area contributed by atoms with Crippen molar-refractivity contribution in [2.24, 2.45) is 0 Å². The maximum absolute atomic E-state index is 12.7. The summed E-state index contributed by atoms with van der Waals surface area (Å²) in [6.07, 6.45) is 2.43. The Morgan fingerprint density at radius 2 is 1.55 bits per heavy atom. The molecule has 160 valence electrons. The highest BCUT2D eigenvalue weighted by Crippen LogP contribution is 2.40. The quantitative estimate of drug-likeness (QED) is 0.557. The maximum Gasteiger partial charge on any atom is 0.318 e. The number of hydrogen-bond donors (Lipinski definition) is 1. The summed E-state index contributed by atoms with van der Waals surface area (Å²) in [5.74, 6) is -0.855. The smallest absolute Gasteiger partial charge is 0.318 e. The van der Waals surface area contributed by atoms with E-state index in [9.17, 15) is 9.90 Å². The predicted molar refractivity (Wildman–Crippen MR) is 128 cm³/mol. The zero-order valence-corrected chi connectivity index (χ0v) is 18.5. The Balaban J connectivity index is 1.76. The van der Waals surface area contributed by atoms with Crippen molar-refractivity contribution in [1.82, 2.24) is 0 Å². The molecule has 1 aliphatic heterocycles. The molecule has 1 heterocycles. The van der Waals surface area contributed by atoms with E-state index in [0.717, 1.165) is 35.6 Å². The second kappa shape index (κ2) is 8.46. The average molecular weight is 415 g/mol. The van der Waals surface area contributed by atoms with Crippen molar-refractivity contribution < 1.29 is 9.90 Å². The molecule has 1 unspecified atom stereocenters. The molecule has 0 bridgehead atoms. The largest absolute Gasteiger partial charge is 0.480 e. The van der Waals surface area contributed by atoms with E-state index in [-0.39, 0.29) is 0 Å². The molecule has 4 nitrogen and oxygen atoms in total. The van der Waals surface area contributed by atoms with Crippen LogP contribution < -0.4 is 9.80 Å². The standard InChI is InChI=1S/C27H30N2O2/c1-20-10-14-22(15-11-20)28(3)25-9-5-4-8-24(25)27(2,26(30)31)21-12-16-23(17-13-21)29-18-6-7-19-29/h4-5,8-17H,6-7,18-19H2,1-3H3,(H,30,31). The molecule has 4 heteroatoms. The van der Waals surface area contributed by atoms with Gasteiger partial charge >= 0.3 is 5.97 Å². The Bertz CT molecular complexity index is 1050. The zero-order valence-electron chi connectivity index (χ0n) is 18.5. The molecule has 0 spiro atoms. The molecule has 1 aliphatic rings. The molecule has 1 atom stereocenters. The summed E-state index contributed by atoms with van der Waals surface area (Å²) in [6, 6.07) is 24.2. The van der Waals surface area contributed by atoms with Gasteiger partial charge in [0.1, 0.15) is 5.41 Å². The summed E-state index contributed by atoms with van der Waals surface area (Å²) in [5, 5.41) is 10.4. The highest BCUT2D eigenvalue weighted by molar-refractivity contribution is 5.89. The molecule has 3 aromatic carbocycles. The van der Waals surface area contributed by atoms with Gasteiger partial charge < -0.3 is 14.9 Å². The number of carboxylic acids is 1. The van der Waals surface area contributed by atoms with Crippen molar-refractivity contribution >= 4 is 23.0 Å². The molecule has 1 N–H and O–H groups in total. The van der Waals surface area contributed by atoms with Crippen molar-refractivity contribution in [3.05, 3.63) is 89.5 Å². The van der Waals surface area contributed by atoms with E-state index in [1.165, 1.54) is 24.1 Å². The lowest BCUT2D eigenvalue weighted by Gasteiger charge is -2.32. The highest BCUT2D eigenvalue weighted by Gasteiger charge is 2.39. The van der Waals surface area contributed by atoms with Gasteiger partial charge in [-0.2, -0.15) is 0 Å². The van der Waals surface area contributed by atoms with Crippen molar-refractivity contribution in [2.75, 3.05) is 29.9 Å². The number of benzene rings is 3. The van der Waals surface area contributed by atoms with Crippen LogP contribution in [0.4, 0.5) is 17.1 Å². The minimum absolute atomic E-state index is 0.777. The summed E-state index contributed by atoms with van der Waals surface area (Å²) in [6.45, 7) is 6.01. The number of anilines is 3. The van der Waals surface area contributed by atoms with Crippen LogP contribution >= 0.6 is 0 Å². The highest BCUT2D eigenvalue weighted by atomic mass is 16.4. The van der Waals surface area contributed by atoms with E-state index >= 15 is 0 Å². The molecule has 31 heavy (non-hydrogen) atoms. The lowest BCUT2D eigenvalue weighted by molar-refractivity contribution is -0.141. The van der Waals surface area contributed by atoms with Gasteiger partial charge in [-0.25, -0.2) is 0 Å². The Morgan fingerprint density at radius 1 is 0.935 bits per heavy atom. The first-order chi connectivity index (χ1) is 14.9. The van der Waals surface area contributed by atoms with Gasteiger partial charge in [-0.3, -0.25) is 4.79 Å². The Kier molecular flexibility index (Phi) is 5.73. The topological polar surface area (TPSA) is 43.8 Å². The normalized spacial score (nSPS) is 15.5. The monoisotopic (exact) mass is 414 g/mol. The predicted octanol–water partition coefficient (Wildman–Crippen LogP) is 5.75. The Morgan fingerprint density at radius 3 is 2.16 bits per heavy atom. The lowest BCUT2D eigenvalue weighted by Crippen LogP contribution is -2.35. The maximum atomic E-state index is 12.7.